The predicted molar refractivity (Wildman–Crippen MR) is 66.8 cm³/mol. The second-order valence-corrected chi connectivity index (χ2v) is 4.30. The third-order valence-corrected chi connectivity index (χ3v) is 2.91. The number of nitrogens with zero attached hydrogens (tertiary/aromatic N) is 2. The number of rotatable bonds is 3. The lowest BCUT2D eigenvalue weighted by Gasteiger charge is -2.04. The monoisotopic (exact) mass is 259 g/mol. The molecule has 1 aromatic carbocycles. The van der Waals surface area contributed by atoms with Crippen molar-refractivity contribution >= 4 is 22.4 Å². The van der Waals surface area contributed by atoms with Crippen LogP contribution in [-0.4, -0.2) is 11.0 Å². The number of nitriles is 1. The van der Waals surface area contributed by atoms with Gasteiger partial charge in [-0.25, -0.2) is 9.78 Å². The van der Waals surface area contributed by atoms with Gasteiger partial charge in [0.05, 0.1) is 16.8 Å². The lowest BCUT2D eigenvalue weighted by molar-refractivity contribution is 0.0468. The maximum Gasteiger partial charge on any atom is 0.339 e. The van der Waals surface area contributed by atoms with E-state index in [-0.39, 0.29) is 12.2 Å². The van der Waals surface area contributed by atoms with Crippen molar-refractivity contribution in [2.75, 3.05) is 5.73 Å². The number of thiazole rings is 1. The molecule has 18 heavy (non-hydrogen) atoms. The van der Waals surface area contributed by atoms with Gasteiger partial charge in [-0.2, -0.15) is 5.26 Å². The zero-order valence-corrected chi connectivity index (χ0v) is 10.1. The number of carbonyl (C=O) groups is 1. The molecule has 0 radical (unpaired) electrons. The quantitative estimate of drug-likeness (QED) is 0.851. The summed E-state index contributed by atoms with van der Waals surface area (Å²) in [7, 11) is 0. The molecule has 0 saturated carbocycles. The van der Waals surface area contributed by atoms with Crippen LogP contribution in [0.3, 0.4) is 0 Å². The Morgan fingerprint density at radius 2 is 2.28 bits per heavy atom. The van der Waals surface area contributed by atoms with E-state index in [4.69, 9.17) is 15.7 Å². The minimum atomic E-state index is -0.543. The fourth-order valence-electron chi connectivity index (χ4n) is 1.36. The Bertz CT molecular complexity index is 616. The van der Waals surface area contributed by atoms with Crippen LogP contribution in [0.1, 0.15) is 21.6 Å². The maximum absolute atomic E-state index is 11.8. The summed E-state index contributed by atoms with van der Waals surface area (Å²) in [5.74, 6) is -0.543. The van der Waals surface area contributed by atoms with Crippen molar-refractivity contribution in [3.05, 3.63) is 46.5 Å². The third-order valence-electron chi connectivity index (χ3n) is 2.19. The van der Waals surface area contributed by atoms with Gasteiger partial charge in [-0.15, -0.1) is 11.3 Å². The van der Waals surface area contributed by atoms with Crippen molar-refractivity contribution < 1.29 is 9.53 Å². The Labute approximate surface area is 107 Å². The molecule has 0 aliphatic heterocycles. The zero-order chi connectivity index (χ0) is 13.0. The van der Waals surface area contributed by atoms with E-state index < -0.39 is 5.97 Å². The Morgan fingerprint density at radius 3 is 2.94 bits per heavy atom. The molecule has 2 N–H and O–H groups in total. The molecule has 2 aromatic rings. The minimum absolute atomic E-state index is 0.0479. The summed E-state index contributed by atoms with van der Waals surface area (Å²) < 4.78 is 5.07. The first-order valence-electron chi connectivity index (χ1n) is 5.07. The summed E-state index contributed by atoms with van der Waals surface area (Å²) in [6, 6.07) is 8.43. The number of nitrogen functional groups attached to an aromatic ring is 1. The van der Waals surface area contributed by atoms with Crippen LogP contribution in [0.15, 0.2) is 29.6 Å². The highest BCUT2D eigenvalue weighted by molar-refractivity contribution is 7.13. The Balaban J connectivity index is 2.06. The first-order chi connectivity index (χ1) is 8.70. The lowest BCUT2D eigenvalue weighted by atomic mass is 10.1. The molecule has 5 nitrogen and oxygen atoms in total. The molecular weight excluding hydrogens is 250 g/mol. The number of esters is 1. The molecule has 90 valence electrons. The van der Waals surface area contributed by atoms with Crippen molar-refractivity contribution in [2.24, 2.45) is 0 Å². The molecule has 0 fully saturated rings. The van der Waals surface area contributed by atoms with Crippen molar-refractivity contribution in [2.45, 2.75) is 6.61 Å². The second kappa shape index (κ2) is 5.29. The average molecular weight is 259 g/mol. The molecule has 0 amide bonds. The zero-order valence-electron chi connectivity index (χ0n) is 9.29. The van der Waals surface area contributed by atoms with E-state index >= 15 is 0 Å². The van der Waals surface area contributed by atoms with Gasteiger partial charge in [0, 0.05) is 5.38 Å². The van der Waals surface area contributed by atoms with Gasteiger partial charge >= 0.3 is 5.97 Å². The molecule has 0 aliphatic rings. The van der Waals surface area contributed by atoms with Crippen LogP contribution in [0.2, 0.25) is 0 Å². The van der Waals surface area contributed by atoms with Gasteiger partial charge in [0.15, 0.2) is 5.13 Å². The largest absolute Gasteiger partial charge is 0.456 e. The van der Waals surface area contributed by atoms with Gasteiger partial charge in [0.25, 0.3) is 0 Å². The fourth-order valence-corrected chi connectivity index (χ4v) is 1.91. The van der Waals surface area contributed by atoms with Gasteiger partial charge in [-0.1, -0.05) is 12.1 Å². The van der Waals surface area contributed by atoms with Gasteiger partial charge in [-0.3, -0.25) is 0 Å². The Hall–Kier alpha value is -2.39. The van der Waals surface area contributed by atoms with E-state index in [1.54, 1.807) is 29.6 Å². The SMILES string of the molecule is N#Cc1ccccc1C(=O)OCc1csc(N)n1. The van der Waals surface area contributed by atoms with Crippen LogP contribution in [0.5, 0.6) is 0 Å². The highest BCUT2D eigenvalue weighted by Gasteiger charge is 2.12. The molecule has 0 atom stereocenters. The smallest absolute Gasteiger partial charge is 0.339 e. The molecule has 2 rings (SSSR count). The summed E-state index contributed by atoms with van der Waals surface area (Å²) in [6.45, 7) is 0.0479. The topological polar surface area (TPSA) is 89.0 Å². The number of benzene rings is 1. The van der Waals surface area contributed by atoms with Gasteiger partial charge < -0.3 is 10.5 Å². The standard InChI is InChI=1S/C12H9N3O2S/c13-5-8-3-1-2-4-10(8)11(16)17-6-9-7-18-12(14)15-9/h1-4,7H,6H2,(H2,14,15). The van der Waals surface area contributed by atoms with E-state index in [0.29, 0.717) is 16.4 Å². The van der Waals surface area contributed by atoms with Crippen molar-refractivity contribution in [3.63, 3.8) is 0 Å². The van der Waals surface area contributed by atoms with Gasteiger partial charge in [0.1, 0.15) is 12.7 Å². The highest BCUT2D eigenvalue weighted by atomic mass is 32.1. The Morgan fingerprint density at radius 1 is 1.50 bits per heavy atom. The number of carbonyl (C=O) groups excluding carboxylic acids is 1. The number of aromatic nitrogens is 1. The van der Waals surface area contributed by atoms with E-state index in [1.807, 2.05) is 6.07 Å². The van der Waals surface area contributed by atoms with E-state index in [1.165, 1.54) is 11.3 Å². The molecule has 1 heterocycles. The van der Waals surface area contributed by atoms with E-state index in [0.717, 1.165) is 0 Å². The summed E-state index contributed by atoms with van der Waals surface area (Å²) >= 11 is 1.28. The van der Waals surface area contributed by atoms with Crippen LogP contribution >= 0.6 is 11.3 Å². The molecule has 6 heteroatoms. The first-order valence-corrected chi connectivity index (χ1v) is 5.95. The number of hydrogen-bond acceptors (Lipinski definition) is 6. The van der Waals surface area contributed by atoms with Crippen LogP contribution in [0.4, 0.5) is 5.13 Å². The molecule has 0 saturated heterocycles. The normalized spacial score (nSPS) is 9.72. The van der Waals surface area contributed by atoms with Crippen LogP contribution in [0, 0.1) is 11.3 Å². The van der Waals surface area contributed by atoms with Gasteiger partial charge in [-0.05, 0) is 12.1 Å². The number of hydrogen-bond donors (Lipinski definition) is 1. The summed E-state index contributed by atoms with van der Waals surface area (Å²) in [6.07, 6.45) is 0. The highest BCUT2D eigenvalue weighted by Crippen LogP contribution is 2.14. The number of ether oxygens (including phenoxy) is 1. The lowest BCUT2D eigenvalue weighted by Crippen LogP contribution is -2.07. The Kier molecular flexibility index (Phi) is 3.55. The fraction of sp³-hybridized carbons (Fsp3) is 0.0833. The molecule has 0 spiro atoms. The molecule has 0 aliphatic carbocycles. The number of anilines is 1. The van der Waals surface area contributed by atoms with E-state index in [9.17, 15) is 4.79 Å². The predicted octanol–water partition coefficient (Wildman–Crippen LogP) is 1.95. The maximum atomic E-state index is 11.8. The molecule has 0 unspecified atom stereocenters. The summed E-state index contributed by atoms with van der Waals surface area (Å²) in [5, 5.41) is 11.0. The van der Waals surface area contributed by atoms with Crippen LogP contribution < -0.4 is 5.73 Å². The second-order valence-electron chi connectivity index (χ2n) is 3.41. The van der Waals surface area contributed by atoms with Crippen molar-refractivity contribution in [1.82, 2.24) is 4.98 Å². The molecular formula is C12H9N3O2S. The van der Waals surface area contributed by atoms with Crippen molar-refractivity contribution in [1.29, 1.82) is 5.26 Å². The minimum Gasteiger partial charge on any atom is -0.456 e. The van der Waals surface area contributed by atoms with Crippen LogP contribution in [0.25, 0.3) is 0 Å². The summed E-state index contributed by atoms with van der Waals surface area (Å²) in [4.78, 5) is 15.7. The molecule has 0 bridgehead atoms. The number of nitrogens with two attached hydrogens (primary N) is 1. The average Bonchev–Trinajstić information content (AvgIpc) is 2.81. The van der Waals surface area contributed by atoms with E-state index in [2.05, 4.69) is 4.98 Å². The van der Waals surface area contributed by atoms with Crippen molar-refractivity contribution in [3.8, 4) is 6.07 Å². The third kappa shape index (κ3) is 2.64. The molecule has 1 aromatic heterocycles. The first kappa shape index (κ1) is 12.1. The van der Waals surface area contributed by atoms with Crippen LogP contribution in [-0.2, 0) is 11.3 Å². The summed E-state index contributed by atoms with van der Waals surface area (Å²) in [5.41, 5.74) is 6.61. The van der Waals surface area contributed by atoms with Gasteiger partial charge in [0.2, 0.25) is 0 Å².